The number of aliphatic hydroxyl groups is 1. The van der Waals surface area contributed by atoms with Crippen LogP contribution in [-0.4, -0.2) is 48.6 Å². The van der Waals surface area contributed by atoms with Crippen LogP contribution in [0.2, 0.25) is 0 Å². The summed E-state index contributed by atoms with van der Waals surface area (Å²) in [7, 11) is 1.53. The Hall–Kier alpha value is -2.64. The molecule has 0 radical (unpaired) electrons. The predicted octanol–water partition coefficient (Wildman–Crippen LogP) is 4.31. The first-order valence-corrected chi connectivity index (χ1v) is 10.5. The molecule has 7 heteroatoms. The number of aliphatic hydroxyl groups excluding tert-OH is 1. The van der Waals surface area contributed by atoms with Crippen molar-refractivity contribution < 1.29 is 24.2 Å². The number of benzene rings is 2. The molecule has 1 saturated heterocycles. The third-order valence-electron chi connectivity index (χ3n) is 4.82. The molecule has 6 nitrogen and oxygen atoms in total. The zero-order valence-electron chi connectivity index (χ0n) is 16.9. The van der Waals surface area contributed by atoms with Crippen molar-refractivity contribution >= 4 is 33.4 Å². The van der Waals surface area contributed by atoms with E-state index < -0.39 is 17.7 Å². The summed E-state index contributed by atoms with van der Waals surface area (Å²) in [5, 5.41) is 11.1. The van der Waals surface area contributed by atoms with Gasteiger partial charge < -0.3 is 19.5 Å². The number of likely N-dealkylation sites (tertiary alicyclic amines) is 1. The number of methoxy groups -OCH3 is 1. The van der Waals surface area contributed by atoms with Crippen molar-refractivity contribution in [2.75, 3.05) is 26.9 Å². The normalized spacial score (nSPS) is 18.1. The van der Waals surface area contributed by atoms with E-state index in [1.165, 1.54) is 12.0 Å². The van der Waals surface area contributed by atoms with Crippen LogP contribution < -0.4 is 4.74 Å². The molecule has 0 aromatic heterocycles. The number of rotatable bonds is 8. The summed E-state index contributed by atoms with van der Waals surface area (Å²) in [4.78, 5) is 27.1. The lowest BCUT2D eigenvalue weighted by Gasteiger charge is -2.25. The topological polar surface area (TPSA) is 76.1 Å². The van der Waals surface area contributed by atoms with Crippen LogP contribution in [0.3, 0.4) is 0 Å². The van der Waals surface area contributed by atoms with Gasteiger partial charge in [0.05, 0.1) is 24.8 Å². The van der Waals surface area contributed by atoms with Crippen molar-refractivity contribution in [3.63, 3.8) is 0 Å². The first kappa shape index (κ1) is 22.1. The Morgan fingerprint density at radius 1 is 1.13 bits per heavy atom. The molecule has 2 aromatic carbocycles. The SMILES string of the molecule is CCCOc1cccc(/C(O)=C2\C(=O)C(=O)N(CCOC)C2c2cccc(Br)c2)c1. The minimum atomic E-state index is -0.714. The predicted molar refractivity (Wildman–Crippen MR) is 117 cm³/mol. The van der Waals surface area contributed by atoms with Crippen LogP contribution in [0, 0.1) is 0 Å². The fourth-order valence-electron chi connectivity index (χ4n) is 3.43. The molecule has 1 heterocycles. The molecule has 158 valence electrons. The van der Waals surface area contributed by atoms with Crippen molar-refractivity contribution in [2.45, 2.75) is 19.4 Å². The van der Waals surface area contributed by atoms with Crippen LogP contribution in [0.15, 0.2) is 58.6 Å². The Bertz CT molecular complexity index is 972. The molecule has 1 unspecified atom stereocenters. The van der Waals surface area contributed by atoms with E-state index in [2.05, 4.69) is 15.9 Å². The second-order valence-corrected chi connectivity index (χ2v) is 7.83. The summed E-state index contributed by atoms with van der Waals surface area (Å²) < 4.78 is 11.6. The molecule has 1 aliphatic heterocycles. The number of carbonyl (C=O) groups excluding carboxylic acids is 2. The molecular formula is C23H24BrNO5. The molecule has 1 aliphatic rings. The molecule has 0 aliphatic carbocycles. The van der Waals surface area contributed by atoms with Crippen LogP contribution in [0.25, 0.3) is 5.76 Å². The van der Waals surface area contributed by atoms with Gasteiger partial charge in [-0.1, -0.05) is 47.1 Å². The molecule has 1 fully saturated rings. The molecule has 2 aromatic rings. The highest BCUT2D eigenvalue weighted by molar-refractivity contribution is 9.10. The average Bonchev–Trinajstić information content (AvgIpc) is 3.00. The van der Waals surface area contributed by atoms with Gasteiger partial charge in [0.25, 0.3) is 11.7 Å². The molecule has 0 saturated carbocycles. The van der Waals surface area contributed by atoms with Crippen LogP contribution in [0.4, 0.5) is 0 Å². The second-order valence-electron chi connectivity index (χ2n) is 6.92. The number of carbonyl (C=O) groups is 2. The minimum absolute atomic E-state index is 0.0573. The summed E-state index contributed by atoms with van der Waals surface area (Å²) in [6.07, 6.45) is 0.851. The van der Waals surface area contributed by atoms with Gasteiger partial charge in [-0.2, -0.15) is 0 Å². The van der Waals surface area contributed by atoms with Crippen LogP contribution >= 0.6 is 15.9 Å². The van der Waals surface area contributed by atoms with E-state index in [-0.39, 0.29) is 24.5 Å². The number of ketones is 1. The first-order chi connectivity index (χ1) is 14.5. The Morgan fingerprint density at radius 3 is 2.60 bits per heavy atom. The Morgan fingerprint density at radius 2 is 1.90 bits per heavy atom. The molecular weight excluding hydrogens is 450 g/mol. The van der Waals surface area contributed by atoms with Gasteiger partial charge >= 0.3 is 0 Å². The van der Waals surface area contributed by atoms with E-state index in [4.69, 9.17) is 9.47 Å². The second kappa shape index (κ2) is 9.91. The van der Waals surface area contributed by atoms with Crippen LogP contribution in [-0.2, 0) is 14.3 Å². The number of hydrogen-bond donors (Lipinski definition) is 1. The monoisotopic (exact) mass is 473 g/mol. The number of hydrogen-bond acceptors (Lipinski definition) is 5. The third kappa shape index (κ3) is 4.57. The highest BCUT2D eigenvalue weighted by Gasteiger charge is 2.45. The Kier molecular flexibility index (Phi) is 7.29. The highest BCUT2D eigenvalue weighted by Crippen LogP contribution is 2.40. The largest absolute Gasteiger partial charge is 0.507 e. The Labute approximate surface area is 184 Å². The average molecular weight is 474 g/mol. The molecule has 0 bridgehead atoms. The minimum Gasteiger partial charge on any atom is -0.507 e. The lowest BCUT2D eigenvalue weighted by molar-refractivity contribution is -0.140. The zero-order chi connectivity index (χ0) is 21.7. The van der Waals surface area contributed by atoms with Gasteiger partial charge in [0.2, 0.25) is 0 Å². The number of Topliss-reactive ketones (excluding diaryl/α,β-unsaturated/α-hetero) is 1. The lowest BCUT2D eigenvalue weighted by Crippen LogP contribution is -2.32. The number of ether oxygens (including phenoxy) is 2. The van der Waals surface area contributed by atoms with Crippen LogP contribution in [0.5, 0.6) is 5.75 Å². The van der Waals surface area contributed by atoms with E-state index >= 15 is 0 Å². The zero-order valence-corrected chi connectivity index (χ0v) is 18.5. The number of amides is 1. The summed E-state index contributed by atoms with van der Waals surface area (Å²) in [6, 6.07) is 13.5. The molecule has 3 rings (SSSR count). The van der Waals surface area contributed by atoms with E-state index in [1.54, 1.807) is 24.3 Å². The maximum atomic E-state index is 12.9. The highest BCUT2D eigenvalue weighted by atomic mass is 79.9. The molecule has 1 amide bonds. The molecule has 1 atom stereocenters. The van der Waals surface area contributed by atoms with Crippen molar-refractivity contribution in [3.05, 3.63) is 69.7 Å². The fraction of sp³-hybridized carbons (Fsp3) is 0.304. The van der Waals surface area contributed by atoms with E-state index in [0.29, 0.717) is 17.9 Å². The summed E-state index contributed by atoms with van der Waals surface area (Å²) in [5.41, 5.74) is 1.20. The van der Waals surface area contributed by atoms with Crippen molar-refractivity contribution in [2.24, 2.45) is 0 Å². The number of halogens is 1. The molecule has 1 N–H and O–H groups in total. The maximum absolute atomic E-state index is 12.9. The van der Waals surface area contributed by atoms with Gasteiger partial charge in [0, 0.05) is 23.7 Å². The van der Waals surface area contributed by atoms with Crippen molar-refractivity contribution in [1.82, 2.24) is 4.90 Å². The summed E-state index contributed by atoms with van der Waals surface area (Å²) in [6.45, 7) is 3.06. The first-order valence-electron chi connectivity index (χ1n) is 9.74. The van der Waals surface area contributed by atoms with Gasteiger partial charge in [-0.05, 0) is 36.2 Å². The summed E-state index contributed by atoms with van der Waals surface area (Å²) in [5.74, 6) is -1.00. The van der Waals surface area contributed by atoms with Crippen molar-refractivity contribution in [3.8, 4) is 5.75 Å². The van der Waals surface area contributed by atoms with Crippen molar-refractivity contribution in [1.29, 1.82) is 0 Å². The smallest absolute Gasteiger partial charge is 0.295 e. The maximum Gasteiger partial charge on any atom is 0.295 e. The number of nitrogens with zero attached hydrogens (tertiary/aromatic N) is 1. The third-order valence-corrected chi connectivity index (χ3v) is 5.31. The van der Waals surface area contributed by atoms with E-state index in [0.717, 1.165) is 16.5 Å². The van der Waals surface area contributed by atoms with Gasteiger partial charge in [-0.3, -0.25) is 9.59 Å². The standard InChI is InChI=1S/C23H24BrNO5/c1-3-11-30-18-9-5-7-16(14-18)21(26)19-20(15-6-4-8-17(24)13-15)25(10-12-29-2)23(28)22(19)27/h4-9,13-14,20,26H,3,10-12H2,1-2H3/b21-19+. The van der Waals surface area contributed by atoms with Gasteiger partial charge in [-0.25, -0.2) is 0 Å². The van der Waals surface area contributed by atoms with E-state index in [1.807, 2.05) is 31.2 Å². The van der Waals surface area contributed by atoms with Gasteiger partial charge in [0.15, 0.2) is 0 Å². The van der Waals surface area contributed by atoms with Gasteiger partial charge in [-0.15, -0.1) is 0 Å². The quantitative estimate of drug-likeness (QED) is 0.351. The van der Waals surface area contributed by atoms with E-state index in [9.17, 15) is 14.7 Å². The fourth-order valence-corrected chi connectivity index (χ4v) is 3.85. The summed E-state index contributed by atoms with van der Waals surface area (Å²) >= 11 is 3.44. The Balaban J connectivity index is 2.11. The molecule has 30 heavy (non-hydrogen) atoms. The lowest BCUT2D eigenvalue weighted by atomic mass is 9.95. The van der Waals surface area contributed by atoms with Gasteiger partial charge in [0.1, 0.15) is 11.5 Å². The molecule has 0 spiro atoms. The van der Waals surface area contributed by atoms with Crippen LogP contribution in [0.1, 0.15) is 30.5 Å².